The smallest absolute Gasteiger partial charge is 0.316 e. The first kappa shape index (κ1) is 29.4. The molecule has 0 aromatic carbocycles. The average molecular weight is 557 g/mol. The lowest BCUT2D eigenvalue weighted by Crippen LogP contribution is -2.58. The van der Waals surface area contributed by atoms with Gasteiger partial charge in [0.1, 0.15) is 29.8 Å². The number of fused-ring (bicyclic) bond motifs is 2. The number of methoxy groups -OCH3 is 1. The van der Waals surface area contributed by atoms with Crippen LogP contribution in [-0.2, 0) is 28.5 Å². The van der Waals surface area contributed by atoms with Gasteiger partial charge in [-0.25, -0.2) is 0 Å². The van der Waals surface area contributed by atoms with Crippen LogP contribution in [0.4, 0.5) is 0 Å². The van der Waals surface area contributed by atoms with Crippen molar-refractivity contribution in [2.24, 2.45) is 11.8 Å². The third-order valence-electron chi connectivity index (χ3n) is 9.37. The maximum atomic E-state index is 13.9. The molecule has 0 aromatic rings. The third kappa shape index (κ3) is 5.30. The fraction of sp³-hybridized carbons (Fsp3) is 0.656. The molecule has 10 unspecified atom stereocenters. The predicted octanol–water partition coefficient (Wildman–Crippen LogP) is 4.08. The van der Waals surface area contributed by atoms with E-state index >= 15 is 0 Å². The van der Waals surface area contributed by atoms with E-state index in [4.69, 9.17) is 23.7 Å². The normalized spacial score (nSPS) is 47.6. The molecule has 0 saturated carbocycles. The van der Waals surface area contributed by atoms with Crippen LogP contribution in [0.25, 0.3) is 0 Å². The van der Waals surface area contributed by atoms with E-state index in [2.05, 4.69) is 26.0 Å². The van der Waals surface area contributed by atoms with Gasteiger partial charge in [-0.3, -0.25) is 4.79 Å². The number of hydrogen-bond acceptors (Lipinski definition) is 8. The first-order valence-corrected chi connectivity index (χ1v) is 14.5. The molecule has 1 aliphatic carbocycles. The summed E-state index contributed by atoms with van der Waals surface area (Å²) < 4.78 is 31.0. The van der Waals surface area contributed by atoms with Gasteiger partial charge in [0, 0.05) is 32.3 Å². The Labute approximate surface area is 237 Å². The molecule has 5 rings (SSSR count). The van der Waals surface area contributed by atoms with Crippen LogP contribution in [0.5, 0.6) is 0 Å². The molecule has 2 fully saturated rings. The van der Waals surface area contributed by atoms with Crippen molar-refractivity contribution in [1.82, 2.24) is 0 Å². The summed E-state index contributed by atoms with van der Waals surface area (Å²) in [6.07, 6.45) is 10.7. The minimum atomic E-state index is -1.73. The monoisotopic (exact) mass is 556 g/mol. The van der Waals surface area contributed by atoms with Crippen LogP contribution in [0.1, 0.15) is 60.3 Å². The van der Waals surface area contributed by atoms with Gasteiger partial charge in [-0.2, -0.15) is 0 Å². The zero-order valence-corrected chi connectivity index (χ0v) is 24.5. The van der Waals surface area contributed by atoms with E-state index in [0.717, 1.165) is 11.1 Å². The Morgan fingerprint density at radius 1 is 1.05 bits per heavy atom. The second kappa shape index (κ2) is 11.3. The van der Waals surface area contributed by atoms with Gasteiger partial charge < -0.3 is 33.9 Å². The zero-order chi connectivity index (χ0) is 28.8. The Morgan fingerprint density at radius 3 is 2.55 bits per heavy atom. The number of aliphatic hydroxyl groups excluding tert-OH is 1. The van der Waals surface area contributed by atoms with Gasteiger partial charge in [-0.1, -0.05) is 43.4 Å². The summed E-state index contributed by atoms with van der Waals surface area (Å²) in [6.45, 7) is 10.0. The van der Waals surface area contributed by atoms with E-state index in [1.807, 2.05) is 26.0 Å². The molecular weight excluding hydrogens is 512 g/mol. The van der Waals surface area contributed by atoms with Crippen molar-refractivity contribution in [3.63, 3.8) is 0 Å². The van der Waals surface area contributed by atoms with Crippen LogP contribution in [0.3, 0.4) is 0 Å². The minimum Gasteiger partial charge on any atom is -0.462 e. The Morgan fingerprint density at radius 2 is 1.82 bits per heavy atom. The predicted molar refractivity (Wildman–Crippen MR) is 149 cm³/mol. The van der Waals surface area contributed by atoms with Crippen molar-refractivity contribution in [2.75, 3.05) is 13.7 Å². The zero-order valence-electron chi connectivity index (χ0n) is 24.5. The number of aliphatic hydroxyl groups is 2. The second-order valence-corrected chi connectivity index (χ2v) is 12.2. The van der Waals surface area contributed by atoms with Crippen molar-refractivity contribution in [1.29, 1.82) is 0 Å². The maximum Gasteiger partial charge on any atom is 0.316 e. The molecule has 0 amide bonds. The highest BCUT2D eigenvalue weighted by molar-refractivity contribution is 5.78. The Hall–Kier alpha value is -2.07. The van der Waals surface area contributed by atoms with Crippen molar-refractivity contribution in [2.45, 2.75) is 108 Å². The van der Waals surface area contributed by atoms with Crippen molar-refractivity contribution in [3.8, 4) is 0 Å². The Balaban J connectivity index is 1.56. The van der Waals surface area contributed by atoms with Gasteiger partial charge in [-0.15, -0.1) is 0 Å². The first-order valence-electron chi connectivity index (χ1n) is 14.5. The van der Waals surface area contributed by atoms with E-state index in [1.165, 1.54) is 0 Å². The number of esters is 1. The van der Waals surface area contributed by atoms with E-state index in [-0.39, 0.29) is 30.8 Å². The number of rotatable bonds is 1. The van der Waals surface area contributed by atoms with Crippen LogP contribution in [0.2, 0.25) is 0 Å². The summed E-state index contributed by atoms with van der Waals surface area (Å²) in [5, 5.41) is 22.9. The van der Waals surface area contributed by atoms with E-state index < -0.39 is 41.6 Å². The lowest BCUT2D eigenvalue weighted by Gasteiger charge is -2.47. The van der Waals surface area contributed by atoms with Crippen LogP contribution < -0.4 is 0 Å². The molecule has 2 saturated heterocycles. The minimum absolute atomic E-state index is 0.0422. The molecule has 2 N–H and O–H groups in total. The summed E-state index contributed by atoms with van der Waals surface area (Å²) in [5.41, 5.74) is 1.62. The van der Waals surface area contributed by atoms with Crippen molar-refractivity contribution >= 4 is 5.97 Å². The average Bonchev–Trinajstić information content (AvgIpc) is 3.24. The fourth-order valence-corrected chi connectivity index (χ4v) is 6.91. The van der Waals surface area contributed by atoms with Gasteiger partial charge >= 0.3 is 5.97 Å². The highest BCUT2D eigenvalue weighted by Gasteiger charge is 2.60. The molecule has 2 bridgehead atoms. The van der Waals surface area contributed by atoms with Crippen LogP contribution in [-0.4, -0.2) is 77.9 Å². The molecule has 8 heteroatoms. The summed E-state index contributed by atoms with van der Waals surface area (Å²) >= 11 is 0. The summed E-state index contributed by atoms with van der Waals surface area (Å²) in [7, 11) is 1.71. The molecule has 5 aliphatic rings. The fourth-order valence-electron chi connectivity index (χ4n) is 6.91. The third-order valence-corrected chi connectivity index (χ3v) is 9.37. The number of allylic oxidation sites excluding steroid dienone is 2. The lowest BCUT2D eigenvalue weighted by atomic mass is 9.71. The molecule has 4 aliphatic heterocycles. The number of carbonyl (C=O) groups excluding carboxylic acids is 1. The van der Waals surface area contributed by atoms with Gasteiger partial charge in [0.15, 0.2) is 5.79 Å². The summed E-state index contributed by atoms with van der Waals surface area (Å²) in [6, 6.07) is 0. The molecule has 1 spiro atoms. The van der Waals surface area contributed by atoms with E-state index in [9.17, 15) is 15.0 Å². The number of carbonyl (C=O) groups is 1. The second-order valence-electron chi connectivity index (χ2n) is 12.2. The van der Waals surface area contributed by atoms with E-state index in [1.54, 1.807) is 26.2 Å². The summed E-state index contributed by atoms with van der Waals surface area (Å²) in [5.74, 6) is -2.41. The van der Waals surface area contributed by atoms with Gasteiger partial charge in [-0.05, 0) is 56.4 Å². The molecule has 8 nitrogen and oxygen atoms in total. The SMILES string of the molecule is COC1/C(C)=C/CC2CC(CC3(CC=C(C)C(C)O3)O2)OC(=O)C2C=C(C)C(O)C3OC/C(=C\C=C\C1C)C23O. The topological polar surface area (TPSA) is 104 Å². The highest BCUT2D eigenvalue weighted by atomic mass is 16.7. The highest BCUT2D eigenvalue weighted by Crippen LogP contribution is 2.46. The largest absolute Gasteiger partial charge is 0.462 e. The number of hydrogen-bond donors (Lipinski definition) is 2. The van der Waals surface area contributed by atoms with Crippen LogP contribution in [0.15, 0.2) is 58.7 Å². The lowest BCUT2D eigenvalue weighted by molar-refractivity contribution is -0.308. The molecule has 4 heterocycles. The van der Waals surface area contributed by atoms with Gasteiger partial charge in [0.2, 0.25) is 0 Å². The van der Waals surface area contributed by atoms with Crippen molar-refractivity contribution < 1.29 is 38.7 Å². The quantitative estimate of drug-likeness (QED) is 0.368. The molecular formula is C32H44O8. The molecule has 40 heavy (non-hydrogen) atoms. The molecule has 10 atom stereocenters. The first-order chi connectivity index (χ1) is 19.0. The van der Waals surface area contributed by atoms with Gasteiger partial charge in [0.25, 0.3) is 0 Å². The molecule has 220 valence electrons. The number of ether oxygens (including phenoxy) is 5. The summed E-state index contributed by atoms with van der Waals surface area (Å²) in [4.78, 5) is 13.9. The van der Waals surface area contributed by atoms with Crippen LogP contribution in [0, 0.1) is 11.8 Å². The maximum absolute atomic E-state index is 13.9. The Bertz CT molecular complexity index is 1150. The molecule has 0 aromatic heterocycles. The van der Waals surface area contributed by atoms with Crippen molar-refractivity contribution in [3.05, 3.63) is 58.7 Å². The van der Waals surface area contributed by atoms with Crippen LogP contribution >= 0.6 is 0 Å². The standard InChI is InChI=1S/C32H44O8/c1-18-12-13-31(39-22(18)5)16-25-15-24(40-31)11-10-20(3)28(36-6)19(2)8-7-9-23-17-37-29-27(33)21(4)14-26(30(34)38-25)32(23,29)35/h7-10,12,14,19,22,24-29,33,35H,11,13,15-17H2,1-6H3/b8-7+,20-10+,23-9+. The van der Waals surface area contributed by atoms with Gasteiger partial charge in [0.05, 0.1) is 24.9 Å². The Kier molecular flexibility index (Phi) is 8.32. The molecule has 0 radical (unpaired) electrons. The van der Waals surface area contributed by atoms with E-state index in [0.29, 0.717) is 36.8 Å².